The molecule has 0 aromatic rings. The molecule has 8 rings (SSSR count). The highest BCUT2D eigenvalue weighted by Gasteiger charge is 2.74. The standard InChI is InChI=1S/C30H48ClN2O3P/c1-5-32(6-2)25(34)27-11-21-9-22(12-27)16-29(15-21,19-27)37(31,36)30-17-23-10-24(18-30)14-28(13-23,20-30)26(35)33(7-3)8-4/h21-24H,5-20H2,1-4H3/t21-,22-,23-,24+,27?,28?,29?,30?,37?/m1/s1. The zero-order chi connectivity index (χ0) is 26.4. The van der Waals surface area contributed by atoms with Crippen molar-refractivity contribution in [1.82, 2.24) is 9.80 Å². The van der Waals surface area contributed by atoms with Gasteiger partial charge in [-0.2, -0.15) is 0 Å². The zero-order valence-corrected chi connectivity index (χ0v) is 25.2. The van der Waals surface area contributed by atoms with Gasteiger partial charge in [-0.3, -0.25) is 9.59 Å². The first-order chi connectivity index (χ1) is 17.5. The molecule has 0 N–H and O–H groups in total. The summed E-state index contributed by atoms with van der Waals surface area (Å²) < 4.78 is 15.6. The van der Waals surface area contributed by atoms with Gasteiger partial charge in [-0.15, -0.1) is 0 Å². The monoisotopic (exact) mass is 550 g/mol. The highest BCUT2D eigenvalue weighted by molar-refractivity contribution is 7.91. The summed E-state index contributed by atoms with van der Waals surface area (Å²) in [7, 11) is 0. The minimum absolute atomic E-state index is 0.298. The van der Waals surface area contributed by atoms with Gasteiger partial charge in [-0.25, -0.2) is 0 Å². The van der Waals surface area contributed by atoms with Gasteiger partial charge in [0.2, 0.25) is 11.8 Å². The van der Waals surface area contributed by atoms with Gasteiger partial charge in [0.15, 0.2) is 6.49 Å². The summed E-state index contributed by atoms with van der Waals surface area (Å²) in [6, 6.07) is 0. The maximum Gasteiger partial charge on any atom is 0.228 e. The van der Waals surface area contributed by atoms with Crippen molar-refractivity contribution in [2.45, 2.75) is 115 Å². The van der Waals surface area contributed by atoms with E-state index in [2.05, 4.69) is 27.7 Å². The summed E-state index contributed by atoms with van der Waals surface area (Å²) in [4.78, 5) is 32.0. The van der Waals surface area contributed by atoms with E-state index in [-0.39, 0.29) is 10.8 Å². The fourth-order valence-electron chi connectivity index (χ4n) is 11.8. The van der Waals surface area contributed by atoms with Crippen molar-refractivity contribution in [2.24, 2.45) is 34.5 Å². The van der Waals surface area contributed by atoms with Gasteiger partial charge in [0.25, 0.3) is 0 Å². The molecule has 0 aromatic heterocycles. The molecule has 0 saturated heterocycles. The Balaban J connectivity index is 1.39. The topological polar surface area (TPSA) is 57.7 Å². The third-order valence-electron chi connectivity index (χ3n) is 12.3. The van der Waals surface area contributed by atoms with Crippen molar-refractivity contribution in [3.8, 4) is 0 Å². The summed E-state index contributed by atoms with van der Waals surface area (Å²) in [6.07, 6.45) is 11.4. The Bertz CT molecular complexity index is 916. The van der Waals surface area contributed by atoms with Crippen LogP contribution in [0.1, 0.15) is 105 Å². The number of hydrogen-bond donors (Lipinski definition) is 0. The highest BCUT2D eigenvalue weighted by atomic mass is 35.7. The van der Waals surface area contributed by atoms with Crippen LogP contribution < -0.4 is 0 Å². The van der Waals surface area contributed by atoms with Gasteiger partial charge in [0.05, 0.1) is 10.8 Å². The Hall–Kier alpha value is -0.540. The van der Waals surface area contributed by atoms with Gasteiger partial charge < -0.3 is 14.4 Å². The van der Waals surface area contributed by atoms with E-state index in [4.69, 9.17) is 11.2 Å². The van der Waals surface area contributed by atoms with Crippen LogP contribution in [0.25, 0.3) is 0 Å². The number of amides is 2. The van der Waals surface area contributed by atoms with E-state index < -0.39 is 16.8 Å². The summed E-state index contributed by atoms with van der Waals surface area (Å²) in [6.45, 7) is 8.03. The third kappa shape index (κ3) is 3.57. The largest absolute Gasteiger partial charge is 0.343 e. The van der Waals surface area contributed by atoms with Crippen molar-refractivity contribution >= 4 is 29.5 Å². The lowest BCUT2D eigenvalue weighted by molar-refractivity contribution is -0.157. The van der Waals surface area contributed by atoms with Gasteiger partial charge in [0.1, 0.15) is 0 Å². The number of rotatable bonds is 8. The molecule has 7 heteroatoms. The Morgan fingerprint density at radius 1 is 0.649 bits per heavy atom. The highest BCUT2D eigenvalue weighted by Crippen LogP contribution is 2.87. The van der Waals surface area contributed by atoms with Crippen LogP contribution in [0.2, 0.25) is 0 Å². The quantitative estimate of drug-likeness (QED) is 0.308. The number of hydrogen-bond acceptors (Lipinski definition) is 3. The predicted molar refractivity (Wildman–Crippen MR) is 149 cm³/mol. The molecule has 2 amide bonds. The second-order valence-corrected chi connectivity index (χ2v) is 18.8. The number of nitrogens with zero attached hydrogens (tertiary/aromatic N) is 2. The predicted octanol–water partition coefficient (Wildman–Crippen LogP) is 6.92. The van der Waals surface area contributed by atoms with E-state index in [1.807, 2.05) is 9.80 Å². The van der Waals surface area contributed by atoms with E-state index in [1.54, 1.807) is 0 Å². The molecular formula is C30H48ClN2O3P. The molecule has 0 aliphatic heterocycles. The Morgan fingerprint density at radius 3 is 1.22 bits per heavy atom. The second-order valence-electron chi connectivity index (χ2n) is 14.4. The first-order valence-corrected chi connectivity index (χ1v) is 18.0. The number of carbonyl (C=O) groups excluding carboxylic acids is 2. The normalized spacial score (nSPS) is 46.6. The molecule has 0 aromatic carbocycles. The smallest absolute Gasteiger partial charge is 0.228 e. The van der Waals surface area contributed by atoms with E-state index >= 15 is 4.57 Å². The molecule has 7 atom stereocenters. The SMILES string of the molecule is CCN(CC)C(=O)C12C[C@H]3C[C@H](C1)CC(P(=O)(Cl)C14C[C@@H]5C[C@@H](CC(C(=O)N(CC)CC)(C5)C1)C4)(C3)C2. The number of carbonyl (C=O) groups is 2. The van der Waals surface area contributed by atoms with Crippen molar-refractivity contribution in [2.75, 3.05) is 26.2 Å². The van der Waals surface area contributed by atoms with Crippen molar-refractivity contribution in [3.05, 3.63) is 0 Å². The van der Waals surface area contributed by atoms with E-state index in [1.165, 1.54) is 12.8 Å². The van der Waals surface area contributed by atoms with Gasteiger partial charge in [-0.05, 0) is 128 Å². The molecule has 208 valence electrons. The van der Waals surface area contributed by atoms with Crippen molar-refractivity contribution in [3.63, 3.8) is 0 Å². The first-order valence-electron chi connectivity index (χ1n) is 15.4. The van der Waals surface area contributed by atoms with Crippen LogP contribution in [-0.4, -0.2) is 58.1 Å². The van der Waals surface area contributed by atoms with Gasteiger partial charge in [0, 0.05) is 36.5 Å². The Labute approximate surface area is 229 Å². The molecule has 0 radical (unpaired) electrons. The molecule has 0 spiro atoms. The van der Waals surface area contributed by atoms with Crippen LogP contribution in [0.4, 0.5) is 0 Å². The lowest BCUT2D eigenvalue weighted by Crippen LogP contribution is -2.64. The lowest BCUT2D eigenvalue weighted by atomic mass is 9.48. The fraction of sp³-hybridized carbons (Fsp3) is 0.933. The van der Waals surface area contributed by atoms with Crippen LogP contribution in [0.3, 0.4) is 0 Å². The van der Waals surface area contributed by atoms with Gasteiger partial charge >= 0.3 is 0 Å². The van der Waals surface area contributed by atoms with E-state index in [0.717, 1.165) is 90.4 Å². The lowest BCUT2D eigenvalue weighted by Gasteiger charge is -2.68. The van der Waals surface area contributed by atoms with Gasteiger partial charge in [-0.1, -0.05) is 11.2 Å². The minimum atomic E-state index is -3.22. The van der Waals surface area contributed by atoms with Crippen LogP contribution in [0.15, 0.2) is 0 Å². The molecule has 8 bridgehead atoms. The van der Waals surface area contributed by atoms with E-state index in [0.29, 0.717) is 35.5 Å². The Morgan fingerprint density at radius 2 is 0.946 bits per heavy atom. The minimum Gasteiger partial charge on any atom is -0.343 e. The van der Waals surface area contributed by atoms with Crippen molar-refractivity contribution < 1.29 is 14.2 Å². The van der Waals surface area contributed by atoms with Crippen LogP contribution in [0, 0.1) is 34.5 Å². The summed E-state index contributed by atoms with van der Waals surface area (Å²) in [5.41, 5.74) is -0.755. The first kappa shape index (κ1) is 26.7. The van der Waals surface area contributed by atoms with Crippen LogP contribution >= 0.6 is 17.7 Å². The number of halogens is 1. The maximum absolute atomic E-state index is 15.6. The molecule has 8 aliphatic rings. The summed E-state index contributed by atoms with van der Waals surface area (Å²) in [5.74, 6) is 2.46. The van der Waals surface area contributed by atoms with Crippen LogP contribution in [-0.2, 0) is 14.2 Å². The molecular weight excluding hydrogens is 503 g/mol. The average Bonchev–Trinajstić information content (AvgIpc) is 2.83. The molecule has 37 heavy (non-hydrogen) atoms. The maximum atomic E-state index is 15.6. The van der Waals surface area contributed by atoms with Crippen molar-refractivity contribution in [1.29, 1.82) is 0 Å². The molecule has 5 nitrogen and oxygen atoms in total. The average molecular weight is 551 g/mol. The second kappa shape index (κ2) is 8.73. The molecule has 8 fully saturated rings. The summed E-state index contributed by atoms with van der Waals surface area (Å²) >= 11 is 7.71. The zero-order valence-electron chi connectivity index (χ0n) is 23.6. The Kier molecular flexibility index (Phi) is 6.29. The summed E-state index contributed by atoms with van der Waals surface area (Å²) in [5, 5.41) is -0.848. The van der Waals surface area contributed by atoms with Crippen LogP contribution in [0.5, 0.6) is 0 Å². The molecule has 0 heterocycles. The molecule has 8 saturated carbocycles. The fourth-order valence-corrected chi connectivity index (χ4v) is 17.0. The molecule has 8 aliphatic carbocycles. The molecule has 3 unspecified atom stereocenters. The van der Waals surface area contributed by atoms with E-state index in [9.17, 15) is 9.59 Å². The third-order valence-corrected chi connectivity index (χ3v) is 17.9.